The molecule has 0 bridgehead atoms. The lowest BCUT2D eigenvalue weighted by atomic mass is 9.83. The van der Waals surface area contributed by atoms with E-state index in [1.807, 2.05) is 19.1 Å². The zero-order valence-electron chi connectivity index (χ0n) is 20.2. The van der Waals surface area contributed by atoms with Crippen molar-refractivity contribution < 1.29 is 22.9 Å². The molecule has 32 heavy (non-hydrogen) atoms. The van der Waals surface area contributed by atoms with Gasteiger partial charge in [-0.15, -0.1) is 6.58 Å². The van der Waals surface area contributed by atoms with Crippen molar-refractivity contribution in [2.24, 2.45) is 5.41 Å². The van der Waals surface area contributed by atoms with Crippen LogP contribution in [0.4, 0.5) is 0 Å². The summed E-state index contributed by atoms with van der Waals surface area (Å²) in [5, 5.41) is 11.8. The van der Waals surface area contributed by atoms with Crippen molar-refractivity contribution in [2.75, 3.05) is 12.4 Å². The van der Waals surface area contributed by atoms with Gasteiger partial charge in [0.2, 0.25) is 5.91 Å². The Morgan fingerprint density at radius 3 is 2.38 bits per heavy atom. The summed E-state index contributed by atoms with van der Waals surface area (Å²) < 4.78 is 30.4. The maximum Gasteiger partial charge on any atom is 0.264 e. The van der Waals surface area contributed by atoms with Gasteiger partial charge in [-0.1, -0.05) is 55.4 Å². The fourth-order valence-corrected chi connectivity index (χ4v) is 3.52. The molecule has 1 atom stereocenters. The zero-order valence-corrected chi connectivity index (χ0v) is 21.0. The third-order valence-corrected chi connectivity index (χ3v) is 5.63. The SMILES string of the molecule is C=C(C)CCCC(C)(C)C/C=C/C(C)=C/C=C/C(C)=C/C(=O)N[C@H](CO)CCS(=O)(=O)O. The van der Waals surface area contributed by atoms with Crippen LogP contribution < -0.4 is 5.32 Å². The third-order valence-electron chi connectivity index (χ3n) is 4.88. The van der Waals surface area contributed by atoms with E-state index in [9.17, 15) is 18.3 Å². The Labute approximate surface area is 194 Å². The van der Waals surface area contributed by atoms with Gasteiger partial charge in [0.15, 0.2) is 0 Å². The fraction of sp³-hybridized carbons (Fsp3) is 0.560. The molecule has 0 saturated carbocycles. The van der Waals surface area contributed by atoms with Crippen LogP contribution in [0.1, 0.15) is 66.7 Å². The Kier molecular flexibility index (Phi) is 14.1. The molecule has 182 valence electrons. The second kappa shape index (κ2) is 15.0. The van der Waals surface area contributed by atoms with E-state index in [1.54, 1.807) is 13.0 Å². The van der Waals surface area contributed by atoms with E-state index in [0.717, 1.165) is 31.3 Å². The number of carbonyl (C=O) groups excluding carboxylic acids is 1. The molecular formula is C25H41NO5S. The van der Waals surface area contributed by atoms with Crippen molar-refractivity contribution >= 4 is 16.0 Å². The van der Waals surface area contributed by atoms with Crippen LogP contribution in [0.5, 0.6) is 0 Å². The predicted molar refractivity (Wildman–Crippen MR) is 133 cm³/mol. The number of amides is 1. The van der Waals surface area contributed by atoms with Crippen molar-refractivity contribution in [3.63, 3.8) is 0 Å². The second-order valence-electron chi connectivity index (χ2n) is 9.20. The summed E-state index contributed by atoms with van der Waals surface area (Å²) >= 11 is 0. The van der Waals surface area contributed by atoms with Crippen LogP contribution in [0, 0.1) is 5.41 Å². The van der Waals surface area contributed by atoms with E-state index in [-0.39, 0.29) is 11.8 Å². The van der Waals surface area contributed by atoms with Crippen molar-refractivity contribution in [3.8, 4) is 0 Å². The summed E-state index contributed by atoms with van der Waals surface area (Å²) in [6, 6.07) is -0.741. The van der Waals surface area contributed by atoms with Gasteiger partial charge in [0.25, 0.3) is 10.1 Å². The molecular weight excluding hydrogens is 426 g/mol. The molecule has 0 radical (unpaired) electrons. The minimum absolute atomic E-state index is 0.0667. The van der Waals surface area contributed by atoms with Gasteiger partial charge >= 0.3 is 0 Å². The molecule has 0 aliphatic carbocycles. The summed E-state index contributed by atoms with van der Waals surface area (Å²) in [5.41, 5.74) is 3.29. The van der Waals surface area contributed by atoms with Crippen LogP contribution in [0.15, 0.2) is 59.8 Å². The standard InChI is InChI=1S/C25H41NO5S/c1-20(2)10-8-15-25(5,6)16-9-13-21(3)11-7-12-22(4)18-24(28)26-23(19-27)14-17-32(29,30)31/h7,9,11-13,18,23,27H,1,8,10,14-17,19H2,2-6H3,(H,26,28)(H,29,30,31)/b12-7+,13-9+,21-11+,22-18+/t23-/m0/s1. The minimum atomic E-state index is -4.14. The maximum atomic E-state index is 12.0. The van der Waals surface area contributed by atoms with E-state index in [0.29, 0.717) is 5.57 Å². The molecule has 0 aromatic rings. The van der Waals surface area contributed by atoms with Gasteiger partial charge in [0, 0.05) is 6.08 Å². The molecule has 0 unspecified atom stereocenters. The number of hydrogen-bond donors (Lipinski definition) is 3. The number of nitrogens with one attached hydrogen (secondary N) is 1. The Balaban J connectivity index is 4.63. The van der Waals surface area contributed by atoms with Gasteiger partial charge in [-0.25, -0.2) is 0 Å². The van der Waals surface area contributed by atoms with E-state index >= 15 is 0 Å². The van der Waals surface area contributed by atoms with Gasteiger partial charge in [-0.2, -0.15) is 8.42 Å². The number of hydrogen-bond acceptors (Lipinski definition) is 4. The monoisotopic (exact) mass is 467 g/mol. The van der Waals surface area contributed by atoms with Crippen LogP contribution in [0.2, 0.25) is 0 Å². The van der Waals surface area contributed by atoms with Crippen LogP contribution in [-0.2, 0) is 14.9 Å². The lowest BCUT2D eigenvalue weighted by molar-refractivity contribution is -0.117. The molecule has 7 heteroatoms. The summed E-state index contributed by atoms with van der Waals surface area (Å²) in [5.74, 6) is -0.958. The highest BCUT2D eigenvalue weighted by atomic mass is 32.2. The number of aliphatic hydroxyl groups is 1. The van der Waals surface area contributed by atoms with Crippen molar-refractivity contribution in [1.29, 1.82) is 0 Å². The van der Waals surface area contributed by atoms with Gasteiger partial charge in [-0.3, -0.25) is 9.35 Å². The lowest BCUT2D eigenvalue weighted by Gasteiger charge is -2.22. The molecule has 0 heterocycles. The molecule has 0 aromatic heterocycles. The maximum absolute atomic E-state index is 12.0. The fourth-order valence-electron chi connectivity index (χ4n) is 2.94. The number of aliphatic hydroxyl groups excluding tert-OH is 1. The molecule has 0 aliphatic rings. The smallest absolute Gasteiger partial charge is 0.264 e. The zero-order chi connectivity index (χ0) is 24.8. The Bertz CT molecular complexity index is 832. The predicted octanol–water partition coefficient (Wildman–Crippen LogP) is 4.91. The van der Waals surface area contributed by atoms with E-state index < -0.39 is 34.4 Å². The number of allylic oxidation sites excluding steroid dienone is 8. The van der Waals surface area contributed by atoms with Crippen molar-refractivity contribution in [1.82, 2.24) is 5.32 Å². The van der Waals surface area contributed by atoms with Gasteiger partial charge in [-0.05, 0) is 63.9 Å². The summed E-state index contributed by atoms with van der Waals surface area (Å²) in [7, 11) is -4.14. The molecule has 0 rings (SSSR count). The van der Waals surface area contributed by atoms with Crippen LogP contribution >= 0.6 is 0 Å². The summed E-state index contributed by atoms with van der Waals surface area (Å²) in [6.07, 6.45) is 15.6. The second-order valence-corrected chi connectivity index (χ2v) is 10.8. The topological polar surface area (TPSA) is 104 Å². The van der Waals surface area contributed by atoms with Gasteiger partial charge in [0.05, 0.1) is 18.4 Å². The lowest BCUT2D eigenvalue weighted by Crippen LogP contribution is -2.38. The largest absolute Gasteiger partial charge is 0.394 e. The first-order chi connectivity index (χ1) is 14.7. The molecule has 6 nitrogen and oxygen atoms in total. The normalized spacial score (nSPS) is 14.8. The highest BCUT2D eigenvalue weighted by Crippen LogP contribution is 2.28. The molecule has 3 N–H and O–H groups in total. The van der Waals surface area contributed by atoms with E-state index in [1.165, 1.54) is 11.6 Å². The van der Waals surface area contributed by atoms with Crippen LogP contribution in [0.3, 0.4) is 0 Å². The van der Waals surface area contributed by atoms with E-state index in [2.05, 4.69) is 44.8 Å². The third kappa shape index (κ3) is 17.7. The first-order valence-corrected chi connectivity index (χ1v) is 12.6. The van der Waals surface area contributed by atoms with Crippen LogP contribution in [-0.4, -0.2) is 42.4 Å². The average Bonchev–Trinajstić information content (AvgIpc) is 2.63. The highest BCUT2D eigenvalue weighted by molar-refractivity contribution is 7.85. The summed E-state index contributed by atoms with van der Waals surface area (Å²) in [4.78, 5) is 12.0. The van der Waals surface area contributed by atoms with Crippen LogP contribution in [0.25, 0.3) is 0 Å². The summed E-state index contributed by atoms with van der Waals surface area (Å²) in [6.45, 7) is 13.9. The molecule has 0 aliphatic heterocycles. The quantitative estimate of drug-likeness (QED) is 0.137. The van der Waals surface area contributed by atoms with Crippen molar-refractivity contribution in [3.05, 3.63) is 59.8 Å². The number of rotatable bonds is 15. The average molecular weight is 468 g/mol. The van der Waals surface area contributed by atoms with E-state index in [4.69, 9.17) is 4.55 Å². The Morgan fingerprint density at radius 1 is 1.16 bits per heavy atom. The molecule has 0 spiro atoms. The highest BCUT2D eigenvalue weighted by Gasteiger charge is 2.15. The first kappa shape index (κ1) is 30.0. The molecule has 0 saturated heterocycles. The van der Waals surface area contributed by atoms with Gasteiger partial charge < -0.3 is 10.4 Å². The Morgan fingerprint density at radius 2 is 1.81 bits per heavy atom. The first-order valence-electron chi connectivity index (χ1n) is 10.9. The molecule has 0 fully saturated rings. The molecule has 1 amide bonds. The number of carbonyl (C=O) groups is 1. The minimum Gasteiger partial charge on any atom is -0.394 e. The van der Waals surface area contributed by atoms with Crippen molar-refractivity contribution in [2.45, 2.75) is 72.8 Å². The molecule has 0 aromatic carbocycles. The Hall–Kier alpha value is -1.96. The van der Waals surface area contributed by atoms with Gasteiger partial charge in [0.1, 0.15) is 0 Å².